The third-order valence-electron chi connectivity index (χ3n) is 4.51. The van der Waals surface area contributed by atoms with Crippen molar-refractivity contribution in [3.8, 4) is 0 Å². The Morgan fingerprint density at radius 1 is 1.00 bits per heavy atom. The van der Waals surface area contributed by atoms with Crippen molar-refractivity contribution in [1.29, 1.82) is 0 Å². The fourth-order valence-electron chi connectivity index (χ4n) is 3.33. The van der Waals surface area contributed by atoms with Crippen LogP contribution >= 0.6 is 0 Å². The zero-order valence-corrected chi connectivity index (χ0v) is 10.9. The summed E-state index contributed by atoms with van der Waals surface area (Å²) in [5.41, 5.74) is 0. The topological polar surface area (TPSA) is 15.3 Å². The molecule has 2 heteroatoms. The molecule has 0 amide bonds. The lowest BCUT2D eigenvalue weighted by atomic mass is 9.84. The third-order valence-corrected chi connectivity index (χ3v) is 4.51. The van der Waals surface area contributed by atoms with E-state index in [-0.39, 0.29) is 0 Å². The molecule has 2 aliphatic rings. The van der Waals surface area contributed by atoms with Crippen LogP contribution in [-0.2, 0) is 0 Å². The quantitative estimate of drug-likeness (QED) is 0.776. The van der Waals surface area contributed by atoms with Gasteiger partial charge >= 0.3 is 0 Å². The molecule has 1 saturated carbocycles. The van der Waals surface area contributed by atoms with E-state index in [0.717, 1.165) is 12.0 Å². The summed E-state index contributed by atoms with van der Waals surface area (Å²) >= 11 is 0. The molecular formula is C14H28N2. The number of rotatable bonds is 2. The van der Waals surface area contributed by atoms with E-state index in [4.69, 9.17) is 0 Å². The highest BCUT2D eigenvalue weighted by Crippen LogP contribution is 2.29. The Labute approximate surface area is 101 Å². The smallest absolute Gasteiger partial charge is 0.00954 e. The number of hydrogen-bond donors (Lipinski definition) is 1. The van der Waals surface area contributed by atoms with E-state index in [0.29, 0.717) is 0 Å². The van der Waals surface area contributed by atoms with Crippen LogP contribution in [0, 0.1) is 5.92 Å². The van der Waals surface area contributed by atoms with Crippen molar-refractivity contribution in [2.24, 2.45) is 5.92 Å². The van der Waals surface area contributed by atoms with Crippen molar-refractivity contribution in [2.45, 2.75) is 57.9 Å². The van der Waals surface area contributed by atoms with Crippen molar-refractivity contribution >= 4 is 0 Å². The Balaban J connectivity index is 1.77. The van der Waals surface area contributed by atoms with E-state index in [1.54, 1.807) is 0 Å². The van der Waals surface area contributed by atoms with Gasteiger partial charge < -0.3 is 10.2 Å². The molecule has 16 heavy (non-hydrogen) atoms. The molecule has 0 unspecified atom stereocenters. The molecule has 1 saturated heterocycles. The molecular weight excluding hydrogens is 196 g/mol. The summed E-state index contributed by atoms with van der Waals surface area (Å²) in [6, 6.07) is 0.917. The van der Waals surface area contributed by atoms with Crippen molar-refractivity contribution in [3.05, 3.63) is 0 Å². The molecule has 0 bridgehead atoms. The highest BCUT2D eigenvalue weighted by molar-refractivity contribution is 4.80. The molecule has 0 atom stereocenters. The van der Waals surface area contributed by atoms with Crippen LogP contribution in [0.25, 0.3) is 0 Å². The molecule has 1 aliphatic carbocycles. The van der Waals surface area contributed by atoms with E-state index < -0.39 is 0 Å². The van der Waals surface area contributed by atoms with Gasteiger partial charge in [0.05, 0.1) is 0 Å². The monoisotopic (exact) mass is 224 g/mol. The first-order valence-corrected chi connectivity index (χ1v) is 7.35. The molecule has 2 rings (SSSR count). The van der Waals surface area contributed by atoms with Gasteiger partial charge in [-0.1, -0.05) is 13.3 Å². The minimum absolute atomic E-state index is 0.917. The van der Waals surface area contributed by atoms with Crippen LogP contribution < -0.4 is 5.32 Å². The molecule has 1 heterocycles. The zero-order chi connectivity index (χ0) is 11.2. The summed E-state index contributed by atoms with van der Waals surface area (Å²) in [7, 11) is 0. The Kier molecular flexibility index (Phi) is 5.11. The Morgan fingerprint density at radius 2 is 1.62 bits per heavy atom. The minimum atomic E-state index is 0.917. The predicted molar refractivity (Wildman–Crippen MR) is 69.7 cm³/mol. The average molecular weight is 224 g/mol. The fraction of sp³-hybridized carbons (Fsp3) is 1.00. The summed E-state index contributed by atoms with van der Waals surface area (Å²) in [5.74, 6) is 1.03. The number of nitrogens with one attached hydrogen (secondary N) is 1. The summed E-state index contributed by atoms with van der Waals surface area (Å²) in [5, 5.41) is 3.50. The second-order valence-corrected chi connectivity index (χ2v) is 5.58. The van der Waals surface area contributed by atoms with Gasteiger partial charge in [0.25, 0.3) is 0 Å². The zero-order valence-electron chi connectivity index (χ0n) is 10.9. The molecule has 2 nitrogen and oxygen atoms in total. The van der Waals surface area contributed by atoms with E-state index in [9.17, 15) is 0 Å². The molecule has 2 fully saturated rings. The largest absolute Gasteiger partial charge is 0.317 e. The lowest BCUT2D eigenvalue weighted by Crippen LogP contribution is -2.42. The maximum atomic E-state index is 3.50. The second kappa shape index (κ2) is 6.61. The van der Waals surface area contributed by atoms with Crippen molar-refractivity contribution in [2.75, 3.05) is 26.2 Å². The standard InChI is InChI=1S/C14H28N2/c1-2-13-5-7-14(8-6-13)16-11-3-9-15-10-4-12-16/h13-15H,2-12H2,1H3. The molecule has 0 aromatic rings. The Morgan fingerprint density at radius 3 is 2.19 bits per heavy atom. The van der Waals surface area contributed by atoms with Crippen LogP contribution in [0.2, 0.25) is 0 Å². The van der Waals surface area contributed by atoms with E-state index in [2.05, 4.69) is 17.1 Å². The normalized spacial score (nSPS) is 34.3. The average Bonchev–Trinajstić information content (AvgIpc) is 2.29. The van der Waals surface area contributed by atoms with Gasteiger partial charge in [-0.05, 0) is 70.6 Å². The SMILES string of the molecule is CCC1CCC(N2CCCNCCC2)CC1. The Bertz CT molecular complexity index is 177. The summed E-state index contributed by atoms with van der Waals surface area (Å²) < 4.78 is 0. The van der Waals surface area contributed by atoms with E-state index in [1.807, 2.05) is 0 Å². The molecule has 94 valence electrons. The number of nitrogens with zero attached hydrogens (tertiary/aromatic N) is 1. The number of hydrogen-bond acceptors (Lipinski definition) is 2. The summed E-state index contributed by atoms with van der Waals surface area (Å²) in [4.78, 5) is 2.78. The molecule has 0 radical (unpaired) electrons. The minimum Gasteiger partial charge on any atom is -0.317 e. The van der Waals surface area contributed by atoms with Gasteiger partial charge in [0.1, 0.15) is 0 Å². The first-order valence-electron chi connectivity index (χ1n) is 7.35. The van der Waals surface area contributed by atoms with Crippen LogP contribution in [0.1, 0.15) is 51.9 Å². The molecule has 0 aromatic carbocycles. The first-order chi connectivity index (χ1) is 7.90. The summed E-state index contributed by atoms with van der Waals surface area (Å²) in [6.45, 7) is 7.46. The molecule has 0 aromatic heterocycles. The first kappa shape index (κ1) is 12.4. The van der Waals surface area contributed by atoms with Crippen LogP contribution in [0.5, 0.6) is 0 Å². The van der Waals surface area contributed by atoms with Gasteiger partial charge in [-0.3, -0.25) is 0 Å². The maximum Gasteiger partial charge on any atom is 0.00954 e. The van der Waals surface area contributed by atoms with Crippen molar-refractivity contribution in [3.63, 3.8) is 0 Å². The van der Waals surface area contributed by atoms with E-state index >= 15 is 0 Å². The summed E-state index contributed by atoms with van der Waals surface area (Å²) in [6.07, 6.45) is 9.97. The highest BCUT2D eigenvalue weighted by atomic mass is 15.2. The van der Waals surface area contributed by atoms with Gasteiger partial charge in [0, 0.05) is 6.04 Å². The third kappa shape index (κ3) is 3.46. The highest BCUT2D eigenvalue weighted by Gasteiger charge is 2.24. The van der Waals surface area contributed by atoms with E-state index in [1.165, 1.54) is 71.1 Å². The lowest BCUT2D eigenvalue weighted by Gasteiger charge is -2.37. The van der Waals surface area contributed by atoms with Gasteiger partial charge in [0.15, 0.2) is 0 Å². The molecule has 0 spiro atoms. The van der Waals surface area contributed by atoms with Gasteiger partial charge in [-0.15, -0.1) is 0 Å². The molecule has 1 aliphatic heterocycles. The van der Waals surface area contributed by atoms with Crippen LogP contribution in [-0.4, -0.2) is 37.1 Å². The Hall–Kier alpha value is -0.0800. The maximum absolute atomic E-state index is 3.50. The van der Waals surface area contributed by atoms with Crippen molar-refractivity contribution in [1.82, 2.24) is 10.2 Å². The second-order valence-electron chi connectivity index (χ2n) is 5.58. The van der Waals surface area contributed by atoms with Gasteiger partial charge in [0.2, 0.25) is 0 Å². The van der Waals surface area contributed by atoms with Gasteiger partial charge in [-0.25, -0.2) is 0 Å². The van der Waals surface area contributed by atoms with Crippen LogP contribution in [0.3, 0.4) is 0 Å². The fourth-order valence-corrected chi connectivity index (χ4v) is 3.33. The van der Waals surface area contributed by atoms with Crippen LogP contribution in [0.4, 0.5) is 0 Å². The van der Waals surface area contributed by atoms with Gasteiger partial charge in [-0.2, -0.15) is 0 Å². The predicted octanol–water partition coefficient (Wildman–Crippen LogP) is 2.64. The van der Waals surface area contributed by atoms with Crippen molar-refractivity contribution < 1.29 is 0 Å². The molecule has 1 N–H and O–H groups in total. The lowest BCUT2D eigenvalue weighted by molar-refractivity contribution is 0.127. The van der Waals surface area contributed by atoms with Crippen LogP contribution in [0.15, 0.2) is 0 Å².